The summed E-state index contributed by atoms with van der Waals surface area (Å²) in [6.07, 6.45) is -5.20. The number of benzene rings is 1. The van der Waals surface area contributed by atoms with Crippen molar-refractivity contribution < 1.29 is 13.2 Å². The quantitative estimate of drug-likeness (QED) is 0.635. The molecule has 0 saturated carbocycles. The largest absolute Gasteiger partial charge is 0.390 e. The van der Waals surface area contributed by atoms with Crippen LogP contribution in [-0.4, -0.2) is 6.18 Å². The Kier molecular flexibility index (Phi) is 4.16. The minimum atomic E-state index is -4.23. The molecule has 0 bridgehead atoms. The number of halogens is 3. The van der Waals surface area contributed by atoms with Crippen LogP contribution < -0.4 is 11.3 Å². The number of hydrogen-bond acceptors (Lipinski definition) is 2. The molecule has 0 aliphatic heterocycles. The first-order valence-electron chi connectivity index (χ1n) is 5.35. The number of aryl methyl sites for hydroxylation is 3. The average Bonchev–Trinajstić information content (AvgIpc) is 2.19. The number of hydrogen-bond donors (Lipinski definition) is 2. The Morgan fingerprint density at radius 1 is 1.12 bits per heavy atom. The molecule has 2 nitrogen and oxygen atoms in total. The topological polar surface area (TPSA) is 38.0 Å². The molecule has 0 spiro atoms. The van der Waals surface area contributed by atoms with Crippen molar-refractivity contribution in [3.05, 3.63) is 34.4 Å². The third kappa shape index (κ3) is 3.71. The highest BCUT2D eigenvalue weighted by Crippen LogP contribution is 2.31. The normalized spacial score (nSPS) is 13.8. The highest BCUT2D eigenvalue weighted by molar-refractivity contribution is 5.38. The second kappa shape index (κ2) is 5.06. The van der Waals surface area contributed by atoms with Crippen LogP contribution in [0.25, 0.3) is 0 Å². The fourth-order valence-electron chi connectivity index (χ4n) is 1.85. The molecule has 0 amide bonds. The van der Waals surface area contributed by atoms with Crippen molar-refractivity contribution in [2.45, 2.75) is 39.4 Å². The minimum absolute atomic E-state index is 0.605. The lowest BCUT2D eigenvalue weighted by Crippen LogP contribution is -2.32. The van der Waals surface area contributed by atoms with Gasteiger partial charge in [0.05, 0.1) is 12.5 Å². The summed E-state index contributed by atoms with van der Waals surface area (Å²) in [7, 11) is 0. The molecule has 0 aromatic heterocycles. The van der Waals surface area contributed by atoms with Gasteiger partial charge in [-0.1, -0.05) is 12.1 Å². The molecule has 0 saturated heterocycles. The fraction of sp³-hybridized carbons (Fsp3) is 0.500. The average molecular weight is 246 g/mol. The zero-order chi connectivity index (χ0) is 13.2. The zero-order valence-electron chi connectivity index (χ0n) is 10.2. The highest BCUT2D eigenvalue weighted by atomic mass is 19.4. The molecule has 0 aliphatic carbocycles. The monoisotopic (exact) mass is 246 g/mol. The molecule has 1 aromatic carbocycles. The van der Waals surface area contributed by atoms with Crippen LogP contribution in [0.5, 0.6) is 0 Å². The Hall–Kier alpha value is -1.07. The van der Waals surface area contributed by atoms with E-state index >= 15 is 0 Å². The van der Waals surface area contributed by atoms with Crippen LogP contribution >= 0.6 is 0 Å². The summed E-state index contributed by atoms with van der Waals surface area (Å²) >= 11 is 0. The van der Waals surface area contributed by atoms with Crippen molar-refractivity contribution in [1.82, 2.24) is 5.43 Å². The van der Waals surface area contributed by atoms with Gasteiger partial charge in [-0.05, 0) is 43.0 Å². The SMILES string of the molecule is Cc1cc(C)c(C(CC(F)(F)F)NN)cc1C. The minimum Gasteiger partial charge on any atom is -0.271 e. The van der Waals surface area contributed by atoms with Gasteiger partial charge in [-0.3, -0.25) is 11.3 Å². The fourth-order valence-corrected chi connectivity index (χ4v) is 1.85. The number of nitrogens with two attached hydrogens (primary N) is 1. The van der Waals surface area contributed by atoms with Gasteiger partial charge < -0.3 is 0 Å². The Bertz CT molecular complexity index is 399. The van der Waals surface area contributed by atoms with Crippen LogP contribution in [0, 0.1) is 20.8 Å². The molecule has 1 aromatic rings. The molecule has 0 radical (unpaired) electrons. The van der Waals surface area contributed by atoms with Crippen molar-refractivity contribution in [3.8, 4) is 0 Å². The first kappa shape index (κ1) is 14.0. The molecule has 1 atom stereocenters. The number of rotatable bonds is 3. The van der Waals surface area contributed by atoms with Crippen molar-refractivity contribution in [1.29, 1.82) is 0 Å². The van der Waals surface area contributed by atoms with E-state index in [-0.39, 0.29) is 0 Å². The first-order chi connectivity index (χ1) is 7.74. The summed E-state index contributed by atoms with van der Waals surface area (Å²) in [6.45, 7) is 5.60. The molecule has 0 fully saturated rings. The van der Waals surface area contributed by atoms with E-state index in [0.29, 0.717) is 5.56 Å². The highest BCUT2D eigenvalue weighted by Gasteiger charge is 2.32. The summed E-state index contributed by atoms with van der Waals surface area (Å²) in [5.74, 6) is 5.22. The molecule has 5 heteroatoms. The van der Waals surface area contributed by atoms with Crippen LogP contribution in [-0.2, 0) is 0 Å². The van der Waals surface area contributed by atoms with Crippen LogP contribution in [0.1, 0.15) is 34.7 Å². The molecular weight excluding hydrogens is 229 g/mol. The van der Waals surface area contributed by atoms with E-state index in [4.69, 9.17) is 5.84 Å². The van der Waals surface area contributed by atoms with Crippen molar-refractivity contribution >= 4 is 0 Å². The van der Waals surface area contributed by atoms with Gasteiger partial charge in [0, 0.05) is 0 Å². The van der Waals surface area contributed by atoms with Crippen molar-refractivity contribution in [2.24, 2.45) is 5.84 Å². The van der Waals surface area contributed by atoms with Gasteiger partial charge in [-0.2, -0.15) is 13.2 Å². The maximum Gasteiger partial charge on any atom is 0.390 e. The first-order valence-corrected chi connectivity index (χ1v) is 5.35. The van der Waals surface area contributed by atoms with E-state index in [1.54, 1.807) is 13.0 Å². The molecule has 1 rings (SSSR count). The molecule has 3 N–H and O–H groups in total. The van der Waals surface area contributed by atoms with E-state index in [0.717, 1.165) is 16.7 Å². The molecule has 0 aliphatic rings. The molecule has 0 heterocycles. The van der Waals surface area contributed by atoms with Gasteiger partial charge in [-0.15, -0.1) is 0 Å². The van der Waals surface area contributed by atoms with Gasteiger partial charge >= 0.3 is 6.18 Å². The molecule has 1 unspecified atom stereocenters. The summed E-state index contributed by atoms with van der Waals surface area (Å²) in [5.41, 5.74) is 5.70. The second-order valence-corrected chi connectivity index (χ2v) is 4.33. The molecule has 96 valence electrons. The van der Waals surface area contributed by atoms with E-state index in [2.05, 4.69) is 5.43 Å². The van der Waals surface area contributed by atoms with Crippen LogP contribution in [0.2, 0.25) is 0 Å². The third-order valence-electron chi connectivity index (χ3n) is 2.89. The zero-order valence-corrected chi connectivity index (χ0v) is 10.2. The number of nitrogens with one attached hydrogen (secondary N) is 1. The Balaban J connectivity index is 3.08. The third-order valence-corrected chi connectivity index (χ3v) is 2.89. The lowest BCUT2D eigenvalue weighted by atomic mass is 9.94. The van der Waals surface area contributed by atoms with Crippen LogP contribution in [0.4, 0.5) is 13.2 Å². The van der Waals surface area contributed by atoms with Crippen molar-refractivity contribution in [3.63, 3.8) is 0 Å². The van der Waals surface area contributed by atoms with E-state index in [1.807, 2.05) is 19.9 Å². The van der Waals surface area contributed by atoms with Gasteiger partial charge in [0.25, 0.3) is 0 Å². The smallest absolute Gasteiger partial charge is 0.271 e. The molecular formula is C12H17F3N2. The van der Waals surface area contributed by atoms with Gasteiger partial charge in [-0.25, -0.2) is 0 Å². The van der Waals surface area contributed by atoms with Gasteiger partial charge in [0.2, 0.25) is 0 Å². The number of hydrazine groups is 1. The van der Waals surface area contributed by atoms with Gasteiger partial charge in [0.1, 0.15) is 0 Å². The maximum absolute atomic E-state index is 12.4. The molecule has 17 heavy (non-hydrogen) atoms. The predicted octanol–water partition coefficient (Wildman–Crippen LogP) is 3.07. The lowest BCUT2D eigenvalue weighted by Gasteiger charge is -2.21. The number of alkyl halides is 3. The standard InChI is InChI=1S/C12H17F3N2/c1-7-4-9(3)10(5-8(7)2)11(17-16)6-12(13,14)15/h4-5,11,17H,6,16H2,1-3H3. The van der Waals surface area contributed by atoms with Gasteiger partial charge in [0.15, 0.2) is 0 Å². The van der Waals surface area contributed by atoms with Crippen LogP contribution in [0.15, 0.2) is 12.1 Å². The second-order valence-electron chi connectivity index (χ2n) is 4.33. The van der Waals surface area contributed by atoms with E-state index < -0.39 is 18.6 Å². The Morgan fingerprint density at radius 3 is 2.12 bits per heavy atom. The maximum atomic E-state index is 12.4. The summed E-state index contributed by atoms with van der Waals surface area (Å²) in [6, 6.07) is 2.75. The van der Waals surface area contributed by atoms with E-state index in [1.165, 1.54) is 0 Å². The lowest BCUT2D eigenvalue weighted by molar-refractivity contribution is -0.140. The Labute approximate surface area is 99.0 Å². The summed E-state index contributed by atoms with van der Waals surface area (Å²) in [5, 5.41) is 0. The van der Waals surface area contributed by atoms with Crippen LogP contribution in [0.3, 0.4) is 0 Å². The van der Waals surface area contributed by atoms with Crippen molar-refractivity contribution in [2.75, 3.05) is 0 Å². The predicted molar refractivity (Wildman–Crippen MR) is 61.4 cm³/mol. The Morgan fingerprint density at radius 2 is 1.65 bits per heavy atom. The van der Waals surface area contributed by atoms with E-state index in [9.17, 15) is 13.2 Å². The summed E-state index contributed by atoms with van der Waals surface area (Å²) in [4.78, 5) is 0. The summed E-state index contributed by atoms with van der Waals surface area (Å²) < 4.78 is 37.2.